The Morgan fingerprint density at radius 1 is 1.38 bits per heavy atom. The van der Waals surface area contributed by atoms with E-state index in [1.165, 1.54) is 30.3 Å². The number of benzene rings is 1. The van der Waals surface area contributed by atoms with Gasteiger partial charge >= 0.3 is 0 Å². The van der Waals surface area contributed by atoms with Gasteiger partial charge < -0.3 is 15.2 Å². The van der Waals surface area contributed by atoms with Crippen molar-refractivity contribution in [3.8, 4) is 0 Å². The van der Waals surface area contributed by atoms with Gasteiger partial charge in [0.05, 0.1) is 0 Å². The van der Waals surface area contributed by atoms with E-state index in [-0.39, 0.29) is 5.91 Å². The number of H-pyrrole nitrogens is 1. The van der Waals surface area contributed by atoms with E-state index in [1.54, 1.807) is 0 Å². The summed E-state index contributed by atoms with van der Waals surface area (Å²) in [5.41, 5.74) is 2.37. The summed E-state index contributed by atoms with van der Waals surface area (Å²) in [4.78, 5) is 18.0. The molecule has 1 aliphatic heterocycles. The second-order valence-electron chi connectivity index (χ2n) is 7.26. The topological polar surface area (TPSA) is 48.1 Å². The number of para-hydroxylation sites is 1. The van der Waals surface area contributed by atoms with Gasteiger partial charge in [-0.3, -0.25) is 4.79 Å². The second kappa shape index (κ2) is 7.84. The monoisotopic (exact) mass is 327 g/mol. The van der Waals surface area contributed by atoms with Gasteiger partial charge in [-0.05, 0) is 57.2 Å². The lowest BCUT2D eigenvalue weighted by atomic mass is 9.97. The fourth-order valence-corrected chi connectivity index (χ4v) is 3.67. The van der Waals surface area contributed by atoms with Crippen LogP contribution in [-0.2, 0) is 11.2 Å². The van der Waals surface area contributed by atoms with Crippen LogP contribution >= 0.6 is 0 Å². The Hall–Kier alpha value is -1.81. The summed E-state index contributed by atoms with van der Waals surface area (Å²) >= 11 is 0. The van der Waals surface area contributed by atoms with Gasteiger partial charge in [-0.2, -0.15) is 0 Å². The number of hydrogen-bond donors (Lipinski definition) is 2. The molecule has 130 valence electrons. The SMILES string of the molecule is CC(C)N1CCCC(CNC(=O)CCc2c[nH]c3ccccc23)C1. The Labute approximate surface area is 144 Å². The Kier molecular flexibility index (Phi) is 5.56. The van der Waals surface area contributed by atoms with Gasteiger partial charge in [-0.15, -0.1) is 0 Å². The van der Waals surface area contributed by atoms with Gasteiger partial charge in [0.2, 0.25) is 5.91 Å². The van der Waals surface area contributed by atoms with Crippen LogP contribution in [0.25, 0.3) is 10.9 Å². The van der Waals surface area contributed by atoms with Crippen LogP contribution in [0.15, 0.2) is 30.5 Å². The minimum atomic E-state index is 0.168. The van der Waals surface area contributed by atoms with Gasteiger partial charge in [0.1, 0.15) is 0 Å². The fraction of sp³-hybridized carbons (Fsp3) is 0.550. The van der Waals surface area contributed by atoms with Crippen molar-refractivity contribution < 1.29 is 4.79 Å². The lowest BCUT2D eigenvalue weighted by Gasteiger charge is -2.35. The zero-order valence-electron chi connectivity index (χ0n) is 14.8. The maximum absolute atomic E-state index is 12.2. The molecule has 1 aliphatic rings. The maximum Gasteiger partial charge on any atom is 0.220 e. The van der Waals surface area contributed by atoms with Crippen molar-refractivity contribution in [2.24, 2.45) is 5.92 Å². The zero-order chi connectivity index (χ0) is 16.9. The summed E-state index contributed by atoms with van der Waals surface area (Å²) in [5, 5.41) is 4.37. The van der Waals surface area contributed by atoms with Crippen LogP contribution in [0.5, 0.6) is 0 Å². The average molecular weight is 327 g/mol. The molecule has 0 spiro atoms. The van der Waals surface area contributed by atoms with E-state index in [9.17, 15) is 4.79 Å². The van der Waals surface area contributed by atoms with Gasteiger partial charge in [0.25, 0.3) is 0 Å². The molecule has 4 nitrogen and oxygen atoms in total. The minimum absolute atomic E-state index is 0.168. The van der Waals surface area contributed by atoms with E-state index in [0.29, 0.717) is 18.4 Å². The maximum atomic E-state index is 12.2. The quantitative estimate of drug-likeness (QED) is 0.855. The highest BCUT2D eigenvalue weighted by Crippen LogP contribution is 2.19. The molecule has 0 aliphatic carbocycles. The molecule has 24 heavy (non-hydrogen) atoms. The summed E-state index contributed by atoms with van der Waals surface area (Å²) in [5.74, 6) is 0.764. The van der Waals surface area contributed by atoms with E-state index in [4.69, 9.17) is 0 Å². The largest absolute Gasteiger partial charge is 0.361 e. The summed E-state index contributed by atoms with van der Waals surface area (Å²) in [7, 11) is 0. The molecular weight excluding hydrogens is 298 g/mol. The number of carbonyl (C=O) groups is 1. The highest BCUT2D eigenvalue weighted by molar-refractivity contribution is 5.84. The molecule has 0 saturated carbocycles. The third kappa shape index (κ3) is 4.18. The molecular formula is C20H29N3O. The van der Waals surface area contributed by atoms with Crippen LogP contribution in [0.4, 0.5) is 0 Å². The lowest BCUT2D eigenvalue weighted by Crippen LogP contribution is -2.43. The highest BCUT2D eigenvalue weighted by Gasteiger charge is 2.21. The van der Waals surface area contributed by atoms with E-state index >= 15 is 0 Å². The molecule has 1 unspecified atom stereocenters. The number of rotatable bonds is 6. The Morgan fingerprint density at radius 3 is 3.04 bits per heavy atom. The van der Waals surface area contributed by atoms with Crippen molar-refractivity contribution in [3.63, 3.8) is 0 Å². The second-order valence-corrected chi connectivity index (χ2v) is 7.26. The number of aryl methyl sites for hydroxylation is 1. The molecule has 1 aromatic carbocycles. The number of carbonyl (C=O) groups excluding carboxylic acids is 1. The van der Waals surface area contributed by atoms with Crippen molar-refractivity contribution in [2.75, 3.05) is 19.6 Å². The van der Waals surface area contributed by atoms with Crippen molar-refractivity contribution in [3.05, 3.63) is 36.0 Å². The molecule has 1 saturated heterocycles. The molecule has 0 bridgehead atoms. The number of hydrogen-bond acceptors (Lipinski definition) is 2. The number of nitrogens with one attached hydrogen (secondary N) is 2. The van der Waals surface area contributed by atoms with Crippen LogP contribution in [0.3, 0.4) is 0 Å². The lowest BCUT2D eigenvalue weighted by molar-refractivity contribution is -0.121. The molecule has 1 amide bonds. The number of nitrogens with zero attached hydrogens (tertiary/aromatic N) is 1. The number of amides is 1. The van der Waals surface area contributed by atoms with Crippen LogP contribution in [0.1, 0.15) is 38.7 Å². The van der Waals surface area contributed by atoms with Crippen LogP contribution in [0, 0.1) is 5.92 Å². The molecule has 2 heterocycles. The number of piperidine rings is 1. The molecule has 3 rings (SSSR count). The molecule has 2 N–H and O–H groups in total. The van der Waals surface area contributed by atoms with Crippen molar-refractivity contribution >= 4 is 16.8 Å². The van der Waals surface area contributed by atoms with E-state index in [1.807, 2.05) is 18.3 Å². The molecule has 2 aromatic rings. The molecule has 1 aromatic heterocycles. The van der Waals surface area contributed by atoms with Crippen LogP contribution < -0.4 is 5.32 Å². The van der Waals surface area contributed by atoms with Gasteiger partial charge in [0.15, 0.2) is 0 Å². The number of aromatic nitrogens is 1. The molecule has 1 fully saturated rings. The minimum Gasteiger partial charge on any atom is -0.361 e. The van der Waals surface area contributed by atoms with Gasteiger partial charge in [0, 0.05) is 42.7 Å². The van der Waals surface area contributed by atoms with Crippen LogP contribution in [-0.4, -0.2) is 41.5 Å². The summed E-state index contributed by atoms with van der Waals surface area (Å²) in [6.45, 7) is 7.63. The summed E-state index contributed by atoms with van der Waals surface area (Å²) in [6, 6.07) is 8.86. The Morgan fingerprint density at radius 2 is 2.21 bits per heavy atom. The van der Waals surface area contributed by atoms with Crippen molar-refractivity contribution in [1.29, 1.82) is 0 Å². The first kappa shape index (κ1) is 17.0. The van der Waals surface area contributed by atoms with E-state index in [2.05, 4.69) is 41.2 Å². The molecule has 1 atom stereocenters. The highest BCUT2D eigenvalue weighted by atomic mass is 16.1. The van der Waals surface area contributed by atoms with Gasteiger partial charge in [-0.25, -0.2) is 0 Å². The average Bonchev–Trinajstić information content (AvgIpc) is 3.01. The van der Waals surface area contributed by atoms with Gasteiger partial charge in [-0.1, -0.05) is 18.2 Å². The Balaban J connectivity index is 1.44. The first-order valence-corrected chi connectivity index (χ1v) is 9.19. The Bertz CT molecular complexity index is 676. The zero-order valence-corrected chi connectivity index (χ0v) is 14.8. The smallest absolute Gasteiger partial charge is 0.220 e. The predicted molar refractivity (Wildman–Crippen MR) is 99.1 cm³/mol. The standard InChI is InChI=1S/C20H29N3O/c1-15(2)23-11-5-6-16(14-23)12-22-20(24)10-9-17-13-21-19-8-4-3-7-18(17)19/h3-4,7-8,13,15-16,21H,5-6,9-12,14H2,1-2H3,(H,22,24). The third-order valence-electron chi connectivity index (χ3n) is 5.16. The number of likely N-dealkylation sites (tertiary alicyclic amines) is 1. The first-order chi connectivity index (χ1) is 11.6. The predicted octanol–water partition coefficient (Wildman–Crippen LogP) is 3.34. The normalized spacial score (nSPS) is 19.0. The fourth-order valence-electron chi connectivity index (χ4n) is 3.67. The van der Waals surface area contributed by atoms with E-state index < -0.39 is 0 Å². The number of aromatic amines is 1. The molecule has 4 heteroatoms. The van der Waals surface area contributed by atoms with Crippen molar-refractivity contribution in [2.45, 2.75) is 45.6 Å². The summed E-state index contributed by atoms with van der Waals surface area (Å²) in [6.07, 6.45) is 5.85. The summed E-state index contributed by atoms with van der Waals surface area (Å²) < 4.78 is 0. The third-order valence-corrected chi connectivity index (χ3v) is 5.16. The van der Waals surface area contributed by atoms with Crippen LogP contribution in [0.2, 0.25) is 0 Å². The van der Waals surface area contributed by atoms with Crippen molar-refractivity contribution in [1.82, 2.24) is 15.2 Å². The van der Waals surface area contributed by atoms with E-state index in [0.717, 1.165) is 25.0 Å². The molecule has 0 radical (unpaired) electrons. The first-order valence-electron chi connectivity index (χ1n) is 9.19. The number of fused-ring (bicyclic) bond motifs is 1.